The summed E-state index contributed by atoms with van der Waals surface area (Å²) in [4.78, 5) is 16.8. The predicted molar refractivity (Wildman–Crippen MR) is 99.7 cm³/mol. The molecular formula is C18H20N4O3S. The highest BCUT2D eigenvalue weighted by atomic mass is 32.2. The summed E-state index contributed by atoms with van der Waals surface area (Å²) in [6.07, 6.45) is 3.41. The number of hydrogen-bond acceptors (Lipinski definition) is 4. The quantitative estimate of drug-likeness (QED) is 0.736. The highest BCUT2D eigenvalue weighted by Gasteiger charge is 2.22. The topological polar surface area (TPSA) is 92.6 Å². The van der Waals surface area contributed by atoms with Gasteiger partial charge in [0.05, 0.1) is 4.90 Å². The van der Waals surface area contributed by atoms with Crippen molar-refractivity contribution in [1.29, 1.82) is 0 Å². The number of imidazole rings is 1. The van der Waals surface area contributed by atoms with E-state index in [-0.39, 0.29) is 10.6 Å². The average Bonchev–Trinajstić information content (AvgIpc) is 2.97. The first-order valence-corrected chi connectivity index (χ1v) is 9.51. The molecule has 3 aromatic rings. The van der Waals surface area contributed by atoms with Crippen molar-refractivity contribution in [3.63, 3.8) is 0 Å². The van der Waals surface area contributed by atoms with Gasteiger partial charge in [0.25, 0.3) is 5.91 Å². The van der Waals surface area contributed by atoms with Gasteiger partial charge < -0.3 is 9.72 Å². The van der Waals surface area contributed by atoms with Gasteiger partial charge >= 0.3 is 0 Å². The van der Waals surface area contributed by atoms with E-state index in [0.717, 1.165) is 0 Å². The summed E-state index contributed by atoms with van der Waals surface area (Å²) in [5.74, 6) is -0.410. The van der Waals surface area contributed by atoms with E-state index in [9.17, 15) is 13.2 Å². The van der Waals surface area contributed by atoms with Crippen molar-refractivity contribution in [3.05, 3.63) is 60.6 Å². The van der Waals surface area contributed by atoms with E-state index in [0.29, 0.717) is 11.3 Å². The highest BCUT2D eigenvalue weighted by Crippen LogP contribution is 2.18. The van der Waals surface area contributed by atoms with Crippen LogP contribution < -0.4 is 10.0 Å². The summed E-state index contributed by atoms with van der Waals surface area (Å²) < 4.78 is 29.2. The molecule has 2 aromatic heterocycles. The molecule has 0 aliphatic carbocycles. The number of benzene rings is 1. The number of sulfonamides is 1. The molecule has 2 N–H and O–H groups in total. The molecule has 7 nitrogen and oxygen atoms in total. The van der Waals surface area contributed by atoms with Crippen LogP contribution in [-0.4, -0.2) is 29.2 Å². The lowest BCUT2D eigenvalue weighted by Gasteiger charge is -2.20. The number of anilines is 1. The van der Waals surface area contributed by atoms with Gasteiger partial charge in [-0.1, -0.05) is 12.1 Å². The van der Waals surface area contributed by atoms with Gasteiger partial charge in [-0.05, 0) is 51.1 Å². The largest absolute Gasteiger partial charge is 0.321 e. The van der Waals surface area contributed by atoms with Crippen LogP contribution in [0.5, 0.6) is 0 Å². The molecule has 8 heteroatoms. The molecule has 26 heavy (non-hydrogen) atoms. The first-order valence-electron chi connectivity index (χ1n) is 8.03. The third kappa shape index (κ3) is 4.09. The Morgan fingerprint density at radius 1 is 1.12 bits per heavy atom. The number of carbonyl (C=O) groups is 1. The fourth-order valence-corrected chi connectivity index (χ4v) is 3.91. The summed E-state index contributed by atoms with van der Waals surface area (Å²) in [6, 6.07) is 11.6. The minimum absolute atomic E-state index is 0.0835. The van der Waals surface area contributed by atoms with Gasteiger partial charge in [0.15, 0.2) is 0 Å². The van der Waals surface area contributed by atoms with E-state index in [1.807, 2.05) is 12.1 Å². The maximum Gasteiger partial charge on any atom is 0.275 e. The standard InChI is InChI=1S/C18H20N4O3S/c1-18(2,3)21-26(24,25)14-8-6-7-13(11-14)19-17(23)15-12-22-10-5-4-9-16(22)20-15/h4-12,21H,1-3H3,(H,19,23). The summed E-state index contributed by atoms with van der Waals surface area (Å²) in [5.41, 5.74) is 0.679. The first kappa shape index (κ1) is 18.1. The molecule has 0 spiro atoms. The summed E-state index contributed by atoms with van der Waals surface area (Å²) in [7, 11) is -3.68. The number of hydrogen-bond donors (Lipinski definition) is 2. The zero-order valence-electron chi connectivity index (χ0n) is 14.7. The van der Waals surface area contributed by atoms with Crippen LogP contribution in [-0.2, 0) is 10.0 Å². The van der Waals surface area contributed by atoms with E-state index < -0.39 is 21.5 Å². The molecule has 1 amide bonds. The Hall–Kier alpha value is -2.71. The van der Waals surface area contributed by atoms with Crippen LogP contribution in [0.3, 0.4) is 0 Å². The maximum atomic E-state index is 12.4. The van der Waals surface area contributed by atoms with Crippen molar-refractivity contribution < 1.29 is 13.2 Å². The van der Waals surface area contributed by atoms with Crippen LogP contribution >= 0.6 is 0 Å². The van der Waals surface area contributed by atoms with Crippen molar-refractivity contribution in [1.82, 2.24) is 14.1 Å². The number of pyridine rings is 1. The van der Waals surface area contributed by atoms with Crippen LogP contribution in [0.4, 0.5) is 5.69 Å². The molecular weight excluding hydrogens is 352 g/mol. The molecule has 0 bridgehead atoms. The first-order chi connectivity index (χ1) is 12.1. The van der Waals surface area contributed by atoms with Crippen molar-refractivity contribution >= 4 is 27.3 Å². The lowest BCUT2D eigenvalue weighted by Crippen LogP contribution is -2.40. The summed E-state index contributed by atoms with van der Waals surface area (Å²) in [5, 5.41) is 2.69. The zero-order chi connectivity index (χ0) is 18.9. The molecule has 0 aliphatic heterocycles. The van der Waals surface area contributed by atoms with Crippen molar-refractivity contribution in [2.45, 2.75) is 31.2 Å². The lowest BCUT2D eigenvalue weighted by molar-refractivity contribution is 0.102. The van der Waals surface area contributed by atoms with Gasteiger partial charge in [0.1, 0.15) is 11.3 Å². The fraction of sp³-hybridized carbons (Fsp3) is 0.222. The average molecular weight is 372 g/mol. The second-order valence-corrected chi connectivity index (χ2v) is 8.61. The van der Waals surface area contributed by atoms with Gasteiger partial charge in [0.2, 0.25) is 10.0 Å². The van der Waals surface area contributed by atoms with E-state index in [4.69, 9.17) is 0 Å². The number of fused-ring (bicyclic) bond motifs is 1. The Labute approximate surface area is 152 Å². The zero-order valence-corrected chi connectivity index (χ0v) is 15.5. The molecule has 0 fully saturated rings. The molecule has 0 atom stereocenters. The summed E-state index contributed by atoms with van der Waals surface area (Å²) >= 11 is 0. The Morgan fingerprint density at radius 3 is 2.58 bits per heavy atom. The minimum atomic E-state index is -3.68. The van der Waals surface area contributed by atoms with Crippen LogP contribution in [0.15, 0.2) is 59.8 Å². The Kier molecular flexibility index (Phi) is 4.55. The lowest BCUT2D eigenvalue weighted by atomic mass is 10.1. The molecule has 0 aliphatic rings. The van der Waals surface area contributed by atoms with Gasteiger partial charge in [-0.15, -0.1) is 0 Å². The number of amides is 1. The number of nitrogens with one attached hydrogen (secondary N) is 2. The Bertz CT molecular complexity index is 1030. The van der Waals surface area contributed by atoms with Crippen LogP contribution in [0.25, 0.3) is 5.65 Å². The molecule has 3 rings (SSSR count). The molecule has 2 heterocycles. The van der Waals surface area contributed by atoms with Gasteiger partial charge in [-0.2, -0.15) is 0 Å². The number of aromatic nitrogens is 2. The SMILES string of the molecule is CC(C)(C)NS(=O)(=O)c1cccc(NC(=O)c2cn3ccccc3n2)c1. The van der Waals surface area contributed by atoms with E-state index in [1.54, 1.807) is 55.8 Å². The number of nitrogens with zero attached hydrogens (tertiary/aromatic N) is 2. The molecule has 136 valence electrons. The van der Waals surface area contributed by atoms with E-state index in [2.05, 4.69) is 15.0 Å². The molecule has 0 unspecified atom stereocenters. The number of rotatable bonds is 4. The van der Waals surface area contributed by atoms with Gasteiger partial charge in [0, 0.05) is 23.6 Å². The Morgan fingerprint density at radius 2 is 1.88 bits per heavy atom. The van der Waals surface area contributed by atoms with Crippen LogP contribution in [0, 0.1) is 0 Å². The van der Waals surface area contributed by atoms with E-state index in [1.165, 1.54) is 12.1 Å². The fourth-order valence-electron chi connectivity index (χ4n) is 2.44. The molecule has 1 aromatic carbocycles. The second-order valence-electron chi connectivity index (χ2n) is 6.93. The predicted octanol–water partition coefficient (Wildman–Crippen LogP) is 2.66. The van der Waals surface area contributed by atoms with Gasteiger partial charge in [-0.3, -0.25) is 4.79 Å². The molecule has 0 saturated heterocycles. The smallest absolute Gasteiger partial charge is 0.275 e. The third-order valence-corrected chi connectivity index (χ3v) is 5.20. The van der Waals surface area contributed by atoms with Crippen LogP contribution in [0.1, 0.15) is 31.3 Å². The summed E-state index contributed by atoms with van der Waals surface area (Å²) in [6.45, 7) is 5.29. The highest BCUT2D eigenvalue weighted by molar-refractivity contribution is 7.89. The number of carbonyl (C=O) groups excluding carboxylic acids is 1. The molecule has 0 radical (unpaired) electrons. The second kappa shape index (κ2) is 6.54. The third-order valence-electron chi connectivity index (χ3n) is 3.44. The maximum absolute atomic E-state index is 12.4. The molecule has 0 saturated carbocycles. The van der Waals surface area contributed by atoms with Gasteiger partial charge in [-0.25, -0.2) is 18.1 Å². The normalized spacial score (nSPS) is 12.3. The van der Waals surface area contributed by atoms with Crippen molar-refractivity contribution in [3.8, 4) is 0 Å². The monoisotopic (exact) mass is 372 g/mol. The van der Waals surface area contributed by atoms with Crippen LogP contribution in [0.2, 0.25) is 0 Å². The Balaban J connectivity index is 1.83. The van der Waals surface area contributed by atoms with E-state index >= 15 is 0 Å². The van der Waals surface area contributed by atoms with Crippen molar-refractivity contribution in [2.24, 2.45) is 0 Å². The minimum Gasteiger partial charge on any atom is -0.321 e. The van der Waals surface area contributed by atoms with Crippen molar-refractivity contribution in [2.75, 3.05) is 5.32 Å².